The summed E-state index contributed by atoms with van der Waals surface area (Å²) in [5.74, 6) is -1.35. The largest absolute Gasteiger partial charge is 0.480 e. The van der Waals surface area contributed by atoms with Gasteiger partial charge in [-0.15, -0.1) is 0 Å². The van der Waals surface area contributed by atoms with Gasteiger partial charge >= 0.3 is 5.97 Å². The van der Waals surface area contributed by atoms with Crippen LogP contribution in [0.5, 0.6) is 0 Å². The van der Waals surface area contributed by atoms with Gasteiger partial charge < -0.3 is 10.0 Å². The van der Waals surface area contributed by atoms with Crippen molar-refractivity contribution in [2.45, 2.75) is 38.6 Å². The topological polar surface area (TPSA) is 95.0 Å². The summed E-state index contributed by atoms with van der Waals surface area (Å²) in [6.45, 7) is 1.62. The Hall–Kier alpha value is -1.15. The molecule has 1 aliphatic heterocycles. The molecule has 1 fully saturated rings. The van der Waals surface area contributed by atoms with E-state index in [4.69, 9.17) is 5.11 Å². The Morgan fingerprint density at radius 1 is 1.35 bits per heavy atom. The summed E-state index contributed by atoms with van der Waals surface area (Å²) in [6, 6.07) is -0.0609. The Labute approximate surface area is 119 Å². The molecule has 0 aromatic rings. The quantitative estimate of drug-likeness (QED) is 0.752. The van der Waals surface area contributed by atoms with Crippen LogP contribution in [0.2, 0.25) is 0 Å². The number of sulfonamides is 1. The first-order chi connectivity index (χ1) is 9.24. The number of carboxylic acids is 1. The summed E-state index contributed by atoms with van der Waals surface area (Å²) >= 11 is 0. The molecule has 0 aromatic heterocycles. The Bertz CT molecular complexity index is 462. The highest BCUT2D eigenvalue weighted by atomic mass is 32.2. The molecule has 0 aliphatic carbocycles. The maximum absolute atomic E-state index is 11.9. The second-order valence-electron chi connectivity index (χ2n) is 5.12. The van der Waals surface area contributed by atoms with Gasteiger partial charge in [-0.3, -0.25) is 9.59 Å². The van der Waals surface area contributed by atoms with Gasteiger partial charge in [0, 0.05) is 26.6 Å². The number of likely N-dealkylation sites (tertiary alicyclic amines) is 1. The van der Waals surface area contributed by atoms with Crippen LogP contribution in [0.25, 0.3) is 0 Å². The molecule has 0 saturated carbocycles. The van der Waals surface area contributed by atoms with Gasteiger partial charge in [-0.05, 0) is 25.7 Å². The van der Waals surface area contributed by atoms with Crippen molar-refractivity contribution >= 4 is 21.9 Å². The molecule has 7 nitrogen and oxygen atoms in total. The van der Waals surface area contributed by atoms with Crippen molar-refractivity contribution in [3.63, 3.8) is 0 Å². The molecule has 0 bridgehead atoms. The van der Waals surface area contributed by atoms with Crippen molar-refractivity contribution in [1.82, 2.24) is 9.21 Å². The van der Waals surface area contributed by atoms with Crippen molar-refractivity contribution in [3.05, 3.63) is 0 Å². The van der Waals surface area contributed by atoms with Gasteiger partial charge in [0.1, 0.15) is 6.54 Å². The molecule has 0 aromatic carbocycles. The van der Waals surface area contributed by atoms with Gasteiger partial charge in [0.2, 0.25) is 15.9 Å². The second kappa shape index (κ2) is 7.03. The molecular formula is C12H22N2O5S. The van der Waals surface area contributed by atoms with Gasteiger partial charge in [-0.2, -0.15) is 4.31 Å². The lowest BCUT2D eigenvalue weighted by atomic mass is 10.00. The predicted molar refractivity (Wildman–Crippen MR) is 73.7 cm³/mol. The number of carbonyl (C=O) groups is 2. The van der Waals surface area contributed by atoms with E-state index >= 15 is 0 Å². The van der Waals surface area contributed by atoms with Crippen LogP contribution < -0.4 is 0 Å². The number of hydrogen-bond donors (Lipinski definition) is 1. The standard InChI is InChI=1S/C12H22N2O5S/c1-10(15)14-7-4-3-5-11(14)6-8-20(18,19)13(2)9-12(16)17/h11H,3-9H2,1-2H3,(H,16,17). The zero-order valence-electron chi connectivity index (χ0n) is 11.9. The van der Waals surface area contributed by atoms with Crippen molar-refractivity contribution in [2.24, 2.45) is 0 Å². The molecule has 1 unspecified atom stereocenters. The van der Waals surface area contributed by atoms with E-state index in [1.54, 1.807) is 4.90 Å². The van der Waals surface area contributed by atoms with E-state index in [2.05, 4.69) is 0 Å². The third kappa shape index (κ3) is 4.75. The van der Waals surface area contributed by atoms with Crippen LogP contribution in [0, 0.1) is 0 Å². The predicted octanol–water partition coefficient (Wildman–Crippen LogP) is 0.124. The highest BCUT2D eigenvalue weighted by Crippen LogP contribution is 2.20. The molecular weight excluding hydrogens is 284 g/mol. The fourth-order valence-electron chi connectivity index (χ4n) is 2.44. The van der Waals surface area contributed by atoms with Crippen molar-refractivity contribution < 1.29 is 23.1 Å². The lowest BCUT2D eigenvalue weighted by Crippen LogP contribution is -2.44. The number of hydrogen-bond acceptors (Lipinski definition) is 4. The summed E-state index contributed by atoms with van der Waals surface area (Å²) in [7, 11) is -2.33. The lowest BCUT2D eigenvalue weighted by Gasteiger charge is -2.35. The average Bonchev–Trinajstić information content (AvgIpc) is 2.35. The summed E-state index contributed by atoms with van der Waals surface area (Å²) in [6.07, 6.45) is 3.09. The highest BCUT2D eigenvalue weighted by molar-refractivity contribution is 7.89. The van der Waals surface area contributed by atoms with E-state index in [1.807, 2.05) is 0 Å². The molecule has 116 valence electrons. The van der Waals surface area contributed by atoms with Crippen LogP contribution in [-0.4, -0.2) is 66.5 Å². The van der Waals surface area contributed by atoms with E-state index in [0.29, 0.717) is 13.0 Å². The normalized spacial score (nSPS) is 20.1. The third-order valence-electron chi connectivity index (χ3n) is 3.57. The average molecular weight is 306 g/mol. The zero-order valence-corrected chi connectivity index (χ0v) is 12.7. The summed E-state index contributed by atoms with van der Waals surface area (Å²) < 4.78 is 24.7. The first-order valence-corrected chi connectivity index (χ1v) is 8.28. The number of carbonyl (C=O) groups excluding carboxylic acids is 1. The smallest absolute Gasteiger partial charge is 0.318 e. The van der Waals surface area contributed by atoms with E-state index in [-0.39, 0.29) is 17.7 Å². The van der Waals surface area contributed by atoms with E-state index in [0.717, 1.165) is 23.6 Å². The first kappa shape index (κ1) is 16.9. The van der Waals surface area contributed by atoms with E-state index < -0.39 is 22.5 Å². The molecule has 1 aliphatic rings. The zero-order chi connectivity index (χ0) is 15.3. The summed E-state index contributed by atoms with van der Waals surface area (Å²) in [5, 5.41) is 8.62. The van der Waals surface area contributed by atoms with Crippen LogP contribution in [0.1, 0.15) is 32.6 Å². The van der Waals surface area contributed by atoms with Crippen molar-refractivity contribution in [2.75, 3.05) is 25.9 Å². The molecule has 0 radical (unpaired) electrons. The number of aliphatic carboxylic acids is 1. The maximum atomic E-state index is 11.9. The molecule has 1 rings (SSSR count). The molecule has 1 heterocycles. The van der Waals surface area contributed by atoms with Crippen LogP contribution in [0.3, 0.4) is 0 Å². The highest BCUT2D eigenvalue weighted by Gasteiger charge is 2.27. The van der Waals surface area contributed by atoms with Gasteiger partial charge in [-0.25, -0.2) is 8.42 Å². The fourth-order valence-corrected chi connectivity index (χ4v) is 3.63. The summed E-state index contributed by atoms with van der Waals surface area (Å²) in [5.41, 5.74) is 0. The molecule has 0 spiro atoms. The fraction of sp³-hybridized carbons (Fsp3) is 0.833. The molecule has 1 atom stereocenters. The summed E-state index contributed by atoms with van der Waals surface area (Å²) in [4.78, 5) is 23.8. The minimum Gasteiger partial charge on any atom is -0.480 e. The van der Waals surface area contributed by atoms with Crippen LogP contribution in [0.15, 0.2) is 0 Å². The first-order valence-electron chi connectivity index (χ1n) is 6.67. The Morgan fingerprint density at radius 3 is 2.55 bits per heavy atom. The van der Waals surface area contributed by atoms with Crippen LogP contribution in [0.4, 0.5) is 0 Å². The number of carboxylic acid groups (broad SMARTS) is 1. The minimum atomic E-state index is -3.59. The Kier molecular flexibility index (Phi) is 5.94. The van der Waals surface area contributed by atoms with Gasteiger partial charge in [0.15, 0.2) is 0 Å². The molecule has 8 heteroatoms. The number of rotatable bonds is 6. The SMILES string of the molecule is CC(=O)N1CCCCC1CCS(=O)(=O)N(C)CC(=O)O. The number of likely N-dealkylation sites (N-methyl/N-ethyl adjacent to an activating group) is 1. The Balaban J connectivity index is 2.60. The molecule has 1 N–H and O–H groups in total. The number of amides is 1. The molecule has 20 heavy (non-hydrogen) atoms. The molecule has 1 amide bonds. The second-order valence-corrected chi connectivity index (χ2v) is 7.31. The van der Waals surface area contributed by atoms with Gasteiger partial charge in [-0.1, -0.05) is 0 Å². The minimum absolute atomic E-state index is 0.0361. The third-order valence-corrected chi connectivity index (χ3v) is 5.40. The molecule has 1 saturated heterocycles. The van der Waals surface area contributed by atoms with Gasteiger partial charge in [0.25, 0.3) is 0 Å². The monoisotopic (exact) mass is 306 g/mol. The maximum Gasteiger partial charge on any atom is 0.318 e. The van der Waals surface area contributed by atoms with Crippen LogP contribution >= 0.6 is 0 Å². The van der Waals surface area contributed by atoms with Crippen molar-refractivity contribution in [1.29, 1.82) is 0 Å². The van der Waals surface area contributed by atoms with Gasteiger partial charge in [0.05, 0.1) is 5.75 Å². The lowest BCUT2D eigenvalue weighted by molar-refractivity contribution is -0.137. The van der Waals surface area contributed by atoms with Crippen LogP contribution in [-0.2, 0) is 19.6 Å². The Morgan fingerprint density at radius 2 is 2.00 bits per heavy atom. The van der Waals surface area contributed by atoms with E-state index in [1.165, 1.54) is 14.0 Å². The number of piperidine rings is 1. The van der Waals surface area contributed by atoms with E-state index in [9.17, 15) is 18.0 Å². The number of nitrogens with zero attached hydrogens (tertiary/aromatic N) is 2. The van der Waals surface area contributed by atoms with Crippen molar-refractivity contribution in [3.8, 4) is 0 Å².